The van der Waals surface area contributed by atoms with Gasteiger partial charge in [0.05, 0.1) is 11.4 Å². The molecular formula is C23H23ClN6OS. The third-order valence-corrected chi connectivity index (χ3v) is 6.11. The van der Waals surface area contributed by atoms with Crippen LogP contribution in [-0.4, -0.2) is 35.7 Å². The Morgan fingerprint density at radius 2 is 1.72 bits per heavy atom. The van der Waals surface area contributed by atoms with Crippen molar-refractivity contribution in [3.05, 3.63) is 71.9 Å². The Balaban J connectivity index is 1.63. The van der Waals surface area contributed by atoms with E-state index in [1.807, 2.05) is 79.9 Å². The van der Waals surface area contributed by atoms with Crippen molar-refractivity contribution in [3.63, 3.8) is 0 Å². The zero-order valence-electron chi connectivity index (χ0n) is 17.9. The number of nitrogens with zero attached hydrogens (tertiary/aromatic N) is 5. The summed E-state index contributed by atoms with van der Waals surface area (Å²) >= 11 is 7.44. The van der Waals surface area contributed by atoms with Crippen LogP contribution in [0.2, 0.25) is 5.02 Å². The molecule has 2 aromatic carbocycles. The zero-order valence-corrected chi connectivity index (χ0v) is 19.5. The Bertz CT molecular complexity index is 1200. The van der Waals surface area contributed by atoms with E-state index in [-0.39, 0.29) is 11.9 Å². The zero-order chi connectivity index (χ0) is 22.7. The van der Waals surface area contributed by atoms with Gasteiger partial charge in [0.25, 0.3) is 0 Å². The normalized spacial score (nSPS) is 12.2. The molecule has 0 radical (unpaired) electrons. The number of carbonyl (C=O) groups is 1. The Kier molecular flexibility index (Phi) is 6.62. The highest BCUT2D eigenvalue weighted by Gasteiger charge is 2.23. The maximum Gasteiger partial charge on any atom is 0.238 e. The van der Waals surface area contributed by atoms with Crippen molar-refractivity contribution in [3.8, 4) is 17.1 Å². The molecular weight excluding hydrogens is 444 g/mol. The summed E-state index contributed by atoms with van der Waals surface area (Å²) < 4.78 is 3.72. The molecule has 7 nitrogen and oxygen atoms in total. The van der Waals surface area contributed by atoms with Crippen LogP contribution in [0.3, 0.4) is 0 Å². The number of hydrogen-bond acceptors (Lipinski definition) is 5. The molecule has 32 heavy (non-hydrogen) atoms. The Labute approximate surface area is 195 Å². The quantitative estimate of drug-likeness (QED) is 0.364. The molecule has 4 aromatic rings. The third-order valence-electron chi connectivity index (χ3n) is 4.81. The van der Waals surface area contributed by atoms with E-state index in [0.717, 1.165) is 11.3 Å². The molecule has 1 amide bonds. The molecule has 1 atom stereocenters. The van der Waals surface area contributed by atoms with E-state index in [9.17, 15) is 4.79 Å². The monoisotopic (exact) mass is 466 g/mol. The van der Waals surface area contributed by atoms with E-state index in [2.05, 4.69) is 20.6 Å². The van der Waals surface area contributed by atoms with Crippen LogP contribution in [0.15, 0.2) is 72.0 Å². The van der Waals surface area contributed by atoms with Gasteiger partial charge in [-0.15, -0.1) is 10.2 Å². The molecule has 164 valence electrons. The molecule has 1 N–H and O–H groups in total. The van der Waals surface area contributed by atoms with Gasteiger partial charge in [-0.25, -0.2) is 4.68 Å². The predicted octanol–water partition coefficient (Wildman–Crippen LogP) is 5.48. The second-order valence-corrected chi connectivity index (χ2v) is 9.23. The first-order chi connectivity index (χ1) is 15.4. The first kappa shape index (κ1) is 22.1. The second kappa shape index (κ2) is 9.58. The lowest BCUT2D eigenvalue weighted by Gasteiger charge is -2.15. The molecule has 0 aliphatic rings. The number of rotatable bonds is 7. The second-order valence-electron chi connectivity index (χ2n) is 7.49. The maximum absolute atomic E-state index is 12.9. The van der Waals surface area contributed by atoms with E-state index in [1.165, 1.54) is 11.8 Å². The molecule has 4 rings (SSSR count). The summed E-state index contributed by atoms with van der Waals surface area (Å²) in [6, 6.07) is 19.2. The van der Waals surface area contributed by atoms with Crippen LogP contribution >= 0.6 is 23.4 Å². The van der Waals surface area contributed by atoms with Gasteiger partial charge in [-0.05, 0) is 45.0 Å². The Morgan fingerprint density at radius 1 is 1.00 bits per heavy atom. The number of nitrogens with one attached hydrogen (secondary N) is 1. The summed E-state index contributed by atoms with van der Waals surface area (Å²) in [6.45, 7) is 5.88. The number of aromatic nitrogens is 5. The van der Waals surface area contributed by atoms with Crippen molar-refractivity contribution in [1.82, 2.24) is 24.5 Å². The molecule has 0 saturated carbocycles. The lowest BCUT2D eigenvalue weighted by atomic mass is 10.2. The average Bonchev–Trinajstić information content (AvgIpc) is 3.42. The van der Waals surface area contributed by atoms with E-state index in [1.54, 1.807) is 16.9 Å². The van der Waals surface area contributed by atoms with E-state index in [4.69, 9.17) is 11.6 Å². The molecule has 1 unspecified atom stereocenters. The molecule has 0 aliphatic heterocycles. The van der Waals surface area contributed by atoms with E-state index in [0.29, 0.717) is 21.8 Å². The minimum absolute atomic E-state index is 0.135. The molecule has 2 heterocycles. The van der Waals surface area contributed by atoms with E-state index < -0.39 is 5.25 Å². The van der Waals surface area contributed by atoms with Crippen LogP contribution in [-0.2, 0) is 4.79 Å². The Hall–Kier alpha value is -3.10. The largest absolute Gasteiger partial charge is 0.310 e. The predicted molar refractivity (Wildman–Crippen MR) is 128 cm³/mol. The fourth-order valence-electron chi connectivity index (χ4n) is 3.21. The van der Waals surface area contributed by atoms with Gasteiger partial charge >= 0.3 is 0 Å². The number of benzene rings is 2. The Morgan fingerprint density at radius 3 is 2.41 bits per heavy atom. The van der Waals surface area contributed by atoms with Gasteiger partial charge in [-0.1, -0.05) is 53.7 Å². The van der Waals surface area contributed by atoms with Crippen molar-refractivity contribution < 1.29 is 4.79 Å². The number of thioether (sulfide) groups is 1. The number of hydrogen-bond donors (Lipinski definition) is 1. The van der Waals surface area contributed by atoms with Crippen LogP contribution in [0.4, 0.5) is 5.82 Å². The van der Waals surface area contributed by atoms with Crippen molar-refractivity contribution in [1.29, 1.82) is 0 Å². The van der Waals surface area contributed by atoms with Crippen molar-refractivity contribution >= 4 is 35.1 Å². The van der Waals surface area contributed by atoms with Crippen LogP contribution in [0.25, 0.3) is 17.1 Å². The van der Waals surface area contributed by atoms with Crippen LogP contribution in [0.1, 0.15) is 26.8 Å². The van der Waals surface area contributed by atoms with Crippen LogP contribution < -0.4 is 5.32 Å². The average molecular weight is 467 g/mol. The van der Waals surface area contributed by atoms with Crippen LogP contribution in [0.5, 0.6) is 0 Å². The third kappa shape index (κ3) is 4.71. The maximum atomic E-state index is 12.9. The van der Waals surface area contributed by atoms with Gasteiger partial charge in [-0.3, -0.25) is 9.36 Å². The summed E-state index contributed by atoms with van der Waals surface area (Å²) in [6.07, 6.45) is 1.68. The highest BCUT2D eigenvalue weighted by atomic mass is 35.5. The fourth-order valence-corrected chi connectivity index (χ4v) is 4.20. The molecule has 0 aliphatic carbocycles. The smallest absolute Gasteiger partial charge is 0.238 e. The number of amides is 1. The minimum atomic E-state index is -0.413. The minimum Gasteiger partial charge on any atom is -0.310 e. The summed E-state index contributed by atoms with van der Waals surface area (Å²) in [4.78, 5) is 12.9. The summed E-state index contributed by atoms with van der Waals surface area (Å²) in [5, 5.41) is 16.9. The van der Waals surface area contributed by atoms with Crippen LogP contribution in [0, 0.1) is 0 Å². The molecule has 0 fully saturated rings. The number of halogens is 1. The summed E-state index contributed by atoms with van der Waals surface area (Å²) in [7, 11) is 0. The van der Waals surface area contributed by atoms with Crippen molar-refractivity contribution in [2.75, 3.05) is 5.32 Å². The standard InChI is InChI=1S/C23H23ClN6OS/c1-15(2)30-20(13-14-25-30)26-22(31)16(3)32-23-28-27-21(17-7-5-4-6-8-17)29(23)19-11-9-18(24)10-12-19/h4-16H,1-3H3,(H,26,31). The van der Waals surface area contributed by atoms with Gasteiger partial charge in [0.2, 0.25) is 5.91 Å². The van der Waals surface area contributed by atoms with Gasteiger partial charge in [-0.2, -0.15) is 5.10 Å². The van der Waals surface area contributed by atoms with Gasteiger partial charge in [0, 0.05) is 28.4 Å². The molecule has 9 heteroatoms. The molecule has 0 spiro atoms. The summed E-state index contributed by atoms with van der Waals surface area (Å²) in [5.74, 6) is 1.23. The SMILES string of the molecule is CC(Sc1nnc(-c2ccccc2)n1-c1ccc(Cl)cc1)C(=O)Nc1ccnn1C(C)C. The van der Waals surface area contributed by atoms with Gasteiger partial charge in [0.1, 0.15) is 5.82 Å². The molecule has 2 aromatic heterocycles. The van der Waals surface area contributed by atoms with E-state index >= 15 is 0 Å². The summed E-state index contributed by atoms with van der Waals surface area (Å²) in [5.41, 5.74) is 1.80. The highest BCUT2D eigenvalue weighted by molar-refractivity contribution is 8.00. The fraction of sp³-hybridized carbons (Fsp3) is 0.217. The molecule has 0 saturated heterocycles. The van der Waals surface area contributed by atoms with Gasteiger partial charge in [0.15, 0.2) is 11.0 Å². The lowest BCUT2D eigenvalue weighted by molar-refractivity contribution is -0.115. The van der Waals surface area contributed by atoms with Gasteiger partial charge < -0.3 is 5.32 Å². The molecule has 0 bridgehead atoms. The lowest BCUT2D eigenvalue weighted by Crippen LogP contribution is -2.25. The first-order valence-electron chi connectivity index (χ1n) is 10.2. The first-order valence-corrected chi connectivity index (χ1v) is 11.5. The number of carbonyl (C=O) groups excluding carboxylic acids is 1. The highest BCUT2D eigenvalue weighted by Crippen LogP contribution is 2.31. The number of anilines is 1. The topological polar surface area (TPSA) is 77.6 Å². The van der Waals surface area contributed by atoms with Crippen molar-refractivity contribution in [2.45, 2.75) is 37.2 Å². The van der Waals surface area contributed by atoms with Crippen molar-refractivity contribution in [2.24, 2.45) is 0 Å².